The van der Waals surface area contributed by atoms with E-state index in [2.05, 4.69) is 0 Å². The van der Waals surface area contributed by atoms with Crippen LogP contribution in [0.2, 0.25) is 5.02 Å². The lowest BCUT2D eigenvalue weighted by Gasteiger charge is -2.42. The van der Waals surface area contributed by atoms with Crippen molar-refractivity contribution < 1.29 is 29.0 Å². The Morgan fingerprint density at radius 2 is 1.86 bits per heavy atom. The van der Waals surface area contributed by atoms with E-state index in [9.17, 15) is 19.5 Å². The lowest BCUT2D eigenvalue weighted by molar-refractivity contribution is -0.153. The van der Waals surface area contributed by atoms with Crippen LogP contribution in [-0.4, -0.2) is 73.2 Å². The summed E-state index contributed by atoms with van der Waals surface area (Å²) in [6.45, 7) is 0.422. The number of benzene rings is 2. The van der Waals surface area contributed by atoms with Gasteiger partial charge in [0.2, 0.25) is 11.8 Å². The Bertz CT molecular complexity index is 1030. The summed E-state index contributed by atoms with van der Waals surface area (Å²) in [7, 11) is 3.14. The van der Waals surface area contributed by atoms with E-state index in [1.165, 1.54) is 4.90 Å². The molecule has 0 radical (unpaired) electrons. The van der Waals surface area contributed by atoms with E-state index >= 15 is 0 Å². The number of methoxy groups -OCH3 is 2. The third-order valence-electron chi connectivity index (χ3n) is 6.25. The fourth-order valence-corrected chi connectivity index (χ4v) is 4.73. The van der Waals surface area contributed by atoms with Crippen molar-refractivity contribution in [2.24, 2.45) is 5.92 Å². The Kier molecular flexibility index (Phi) is 9.51. The number of carbonyl (C=O) groups is 3. The lowest BCUT2D eigenvalue weighted by atomic mass is 9.83. The molecule has 1 aliphatic heterocycles. The van der Waals surface area contributed by atoms with Gasteiger partial charge in [-0.25, -0.2) is 0 Å². The molecule has 0 aromatic heterocycles. The van der Waals surface area contributed by atoms with Crippen LogP contribution in [0.25, 0.3) is 0 Å². The molecular formula is C26H31ClN2O6. The Morgan fingerprint density at radius 3 is 2.49 bits per heavy atom. The van der Waals surface area contributed by atoms with E-state index in [1.807, 2.05) is 36.4 Å². The summed E-state index contributed by atoms with van der Waals surface area (Å²) in [6.07, 6.45) is 0.995. The molecule has 0 bridgehead atoms. The van der Waals surface area contributed by atoms with Crippen LogP contribution in [0.5, 0.6) is 5.75 Å². The molecule has 8 nitrogen and oxygen atoms in total. The van der Waals surface area contributed by atoms with Crippen molar-refractivity contribution in [1.29, 1.82) is 0 Å². The predicted molar refractivity (Wildman–Crippen MR) is 131 cm³/mol. The van der Waals surface area contributed by atoms with Crippen LogP contribution in [-0.2, 0) is 25.5 Å². The molecule has 0 aliphatic carbocycles. The molecule has 2 amide bonds. The van der Waals surface area contributed by atoms with Crippen LogP contribution in [0, 0.1) is 5.92 Å². The largest absolute Gasteiger partial charge is 0.497 e. The van der Waals surface area contributed by atoms with Crippen molar-refractivity contribution in [3.8, 4) is 5.75 Å². The minimum absolute atomic E-state index is 0.0842. The summed E-state index contributed by atoms with van der Waals surface area (Å²) >= 11 is 6.51. The molecule has 2 aromatic carbocycles. The second-order valence-electron chi connectivity index (χ2n) is 8.44. The maximum Gasteiger partial charge on any atom is 0.323 e. The molecule has 1 heterocycles. The zero-order valence-corrected chi connectivity index (χ0v) is 20.7. The van der Waals surface area contributed by atoms with Crippen molar-refractivity contribution in [3.63, 3.8) is 0 Å². The van der Waals surface area contributed by atoms with Gasteiger partial charge in [-0.3, -0.25) is 14.4 Å². The molecular weight excluding hydrogens is 472 g/mol. The average Bonchev–Trinajstić information content (AvgIpc) is 2.85. The molecule has 2 atom stereocenters. The van der Waals surface area contributed by atoms with Gasteiger partial charge in [-0.1, -0.05) is 41.9 Å². The number of rotatable bonds is 11. The number of piperidine rings is 1. The minimum Gasteiger partial charge on any atom is -0.497 e. The molecule has 188 valence electrons. The highest BCUT2D eigenvalue weighted by atomic mass is 35.5. The molecule has 1 fully saturated rings. The molecule has 0 unspecified atom stereocenters. The molecule has 0 spiro atoms. The highest BCUT2D eigenvalue weighted by Gasteiger charge is 2.42. The van der Waals surface area contributed by atoms with E-state index in [0.29, 0.717) is 36.6 Å². The van der Waals surface area contributed by atoms with Gasteiger partial charge in [-0.05, 0) is 42.2 Å². The zero-order chi connectivity index (χ0) is 25.4. The van der Waals surface area contributed by atoms with E-state index in [-0.39, 0.29) is 24.8 Å². The van der Waals surface area contributed by atoms with Gasteiger partial charge in [0.1, 0.15) is 12.3 Å². The maximum atomic E-state index is 13.8. The first-order chi connectivity index (χ1) is 16.8. The van der Waals surface area contributed by atoms with E-state index in [4.69, 9.17) is 21.1 Å². The van der Waals surface area contributed by atoms with Gasteiger partial charge >= 0.3 is 5.97 Å². The SMILES string of the molecule is COCCN1C(=O)CC[C@@H](C(=O)N(CCc2ccc(OC)cc2)CC(=O)O)[C@@H]1c1ccccc1Cl. The Labute approximate surface area is 210 Å². The van der Waals surface area contributed by atoms with Crippen molar-refractivity contribution in [1.82, 2.24) is 9.80 Å². The number of ether oxygens (including phenoxy) is 2. The Hall–Kier alpha value is -3.10. The summed E-state index contributed by atoms with van der Waals surface area (Å²) in [6, 6.07) is 14.0. The molecule has 2 aromatic rings. The zero-order valence-electron chi connectivity index (χ0n) is 20.0. The highest BCUT2D eigenvalue weighted by Crippen LogP contribution is 2.40. The van der Waals surface area contributed by atoms with Crippen LogP contribution in [0.4, 0.5) is 0 Å². The quantitative estimate of drug-likeness (QED) is 0.505. The number of carboxylic acids is 1. The van der Waals surface area contributed by atoms with Crippen LogP contribution >= 0.6 is 11.6 Å². The fraction of sp³-hybridized carbons (Fsp3) is 0.423. The number of hydrogen-bond acceptors (Lipinski definition) is 5. The minimum atomic E-state index is -1.09. The van der Waals surface area contributed by atoms with E-state index in [0.717, 1.165) is 11.3 Å². The second kappa shape index (κ2) is 12.6. The van der Waals surface area contributed by atoms with E-state index < -0.39 is 24.5 Å². The lowest BCUT2D eigenvalue weighted by Crippen LogP contribution is -2.51. The standard InChI is InChI=1S/C26H31ClN2O6/c1-34-16-15-29-23(30)12-11-21(25(29)20-5-3-4-6-22(20)27)26(33)28(17-24(31)32)14-13-18-7-9-19(35-2)10-8-18/h3-10,21,25H,11-17H2,1-2H3,(H,31,32)/t21-,25+/m1/s1. The van der Waals surface area contributed by atoms with Gasteiger partial charge < -0.3 is 24.4 Å². The maximum absolute atomic E-state index is 13.8. The first-order valence-electron chi connectivity index (χ1n) is 11.5. The topological polar surface area (TPSA) is 96.4 Å². The normalized spacial score (nSPS) is 17.8. The van der Waals surface area contributed by atoms with E-state index in [1.54, 1.807) is 31.3 Å². The molecule has 35 heavy (non-hydrogen) atoms. The molecule has 1 N–H and O–H groups in total. The molecule has 9 heteroatoms. The molecule has 0 saturated carbocycles. The monoisotopic (exact) mass is 502 g/mol. The van der Waals surface area contributed by atoms with Crippen LogP contribution < -0.4 is 4.74 Å². The Morgan fingerprint density at radius 1 is 1.14 bits per heavy atom. The molecule has 3 rings (SSSR count). The van der Waals surface area contributed by atoms with Crippen molar-refractivity contribution >= 4 is 29.4 Å². The van der Waals surface area contributed by atoms with Crippen molar-refractivity contribution in [2.45, 2.75) is 25.3 Å². The first kappa shape index (κ1) is 26.5. The number of nitrogens with zero attached hydrogens (tertiary/aromatic N) is 2. The van der Waals surface area contributed by atoms with Crippen molar-refractivity contribution in [3.05, 3.63) is 64.7 Å². The van der Waals surface area contributed by atoms with Gasteiger partial charge in [0.25, 0.3) is 0 Å². The first-order valence-corrected chi connectivity index (χ1v) is 11.9. The predicted octanol–water partition coefficient (Wildman–Crippen LogP) is 3.43. The number of likely N-dealkylation sites (tertiary alicyclic amines) is 1. The second-order valence-corrected chi connectivity index (χ2v) is 8.85. The molecule has 1 aliphatic rings. The van der Waals surface area contributed by atoms with Crippen LogP contribution in [0.1, 0.15) is 30.0 Å². The van der Waals surface area contributed by atoms with Crippen LogP contribution in [0.3, 0.4) is 0 Å². The van der Waals surface area contributed by atoms with Crippen molar-refractivity contribution in [2.75, 3.05) is 40.5 Å². The Balaban J connectivity index is 1.89. The third kappa shape index (κ3) is 6.74. The van der Waals surface area contributed by atoms with Crippen LogP contribution in [0.15, 0.2) is 48.5 Å². The van der Waals surface area contributed by atoms with Gasteiger partial charge in [0.15, 0.2) is 0 Å². The number of halogens is 1. The number of amides is 2. The summed E-state index contributed by atoms with van der Waals surface area (Å²) in [5, 5.41) is 9.98. The number of aliphatic carboxylic acids is 1. The summed E-state index contributed by atoms with van der Waals surface area (Å²) in [5.74, 6) is -1.39. The van der Waals surface area contributed by atoms with Gasteiger partial charge in [0, 0.05) is 31.6 Å². The van der Waals surface area contributed by atoms with Gasteiger partial charge in [-0.2, -0.15) is 0 Å². The fourth-order valence-electron chi connectivity index (χ4n) is 4.49. The number of hydrogen-bond donors (Lipinski definition) is 1. The summed E-state index contributed by atoms with van der Waals surface area (Å²) in [5.41, 5.74) is 1.62. The molecule has 1 saturated heterocycles. The van der Waals surface area contributed by atoms with Gasteiger partial charge in [0.05, 0.1) is 25.7 Å². The smallest absolute Gasteiger partial charge is 0.323 e. The number of carbonyl (C=O) groups excluding carboxylic acids is 2. The average molecular weight is 503 g/mol. The summed E-state index contributed by atoms with van der Waals surface area (Å²) < 4.78 is 10.4. The van der Waals surface area contributed by atoms with Gasteiger partial charge in [-0.15, -0.1) is 0 Å². The summed E-state index contributed by atoms with van der Waals surface area (Å²) in [4.78, 5) is 41.3. The highest BCUT2D eigenvalue weighted by molar-refractivity contribution is 6.31. The number of carboxylic acid groups (broad SMARTS) is 1. The third-order valence-corrected chi connectivity index (χ3v) is 6.60.